The lowest BCUT2D eigenvalue weighted by atomic mass is 10.1. The zero-order chi connectivity index (χ0) is 26.5. The van der Waals surface area contributed by atoms with Gasteiger partial charge in [0.15, 0.2) is 0 Å². The molecule has 0 aliphatic heterocycles. The van der Waals surface area contributed by atoms with Gasteiger partial charge in [0.1, 0.15) is 12.1 Å². The van der Waals surface area contributed by atoms with E-state index >= 15 is 0 Å². The molecule has 0 aromatic heterocycles. The first-order valence-corrected chi connectivity index (χ1v) is 11.8. The van der Waals surface area contributed by atoms with Gasteiger partial charge in [-0.3, -0.25) is 19.6 Å². The van der Waals surface area contributed by atoms with E-state index in [1.54, 1.807) is 17.6 Å². The number of carbonyl (C=O) groups excluding carboxylic acids is 4. The highest BCUT2D eigenvalue weighted by molar-refractivity contribution is 5.91. The number of benzene rings is 1. The van der Waals surface area contributed by atoms with Gasteiger partial charge in [-0.15, -0.1) is 0 Å². The molecule has 0 aliphatic carbocycles. The topological polar surface area (TPSA) is 145 Å². The summed E-state index contributed by atoms with van der Waals surface area (Å²) in [6.07, 6.45) is 4.17. The van der Waals surface area contributed by atoms with Gasteiger partial charge in [-0.1, -0.05) is 70.2 Å². The van der Waals surface area contributed by atoms with Crippen LogP contribution in [0.2, 0.25) is 0 Å². The fourth-order valence-corrected chi connectivity index (χ4v) is 3.42. The molecular weight excluding hydrogens is 450 g/mol. The Balaban J connectivity index is 3.45. The molecule has 1 aromatic carbocycles. The first-order chi connectivity index (χ1) is 16.5. The van der Waals surface area contributed by atoms with E-state index in [1.807, 2.05) is 58.0 Å². The highest BCUT2D eigenvalue weighted by Gasteiger charge is 2.37. The molecule has 0 saturated heterocycles. The van der Waals surface area contributed by atoms with E-state index in [1.165, 1.54) is 11.9 Å². The molecule has 5 N–H and O–H groups in total. The van der Waals surface area contributed by atoms with Crippen LogP contribution in [-0.4, -0.2) is 57.6 Å². The third-order valence-electron chi connectivity index (χ3n) is 5.15. The van der Waals surface area contributed by atoms with Crippen molar-refractivity contribution in [1.29, 1.82) is 0 Å². The third-order valence-corrected chi connectivity index (χ3v) is 5.15. The van der Waals surface area contributed by atoms with Crippen LogP contribution >= 0.6 is 0 Å². The van der Waals surface area contributed by atoms with Crippen LogP contribution in [0.4, 0.5) is 4.79 Å². The first kappa shape index (κ1) is 29.6. The van der Waals surface area contributed by atoms with Gasteiger partial charge in [-0.2, -0.15) is 0 Å². The molecule has 1 rings (SSSR count). The Morgan fingerprint density at radius 1 is 1.03 bits per heavy atom. The van der Waals surface area contributed by atoms with Crippen molar-refractivity contribution in [3.8, 4) is 0 Å². The average Bonchev–Trinajstić information content (AvgIpc) is 2.80. The number of rotatable bonds is 12. The number of amides is 5. The maximum Gasteiger partial charge on any atom is 0.312 e. The van der Waals surface area contributed by atoms with Crippen LogP contribution in [0, 0.1) is 11.8 Å². The second kappa shape index (κ2) is 14.8. The molecular formula is C25H39N5O5. The Morgan fingerprint density at radius 2 is 1.66 bits per heavy atom. The number of nitrogens with one attached hydrogen (secondary N) is 2. The monoisotopic (exact) mass is 489 g/mol. The van der Waals surface area contributed by atoms with Crippen molar-refractivity contribution < 1.29 is 24.4 Å². The molecule has 0 spiro atoms. The first-order valence-electron chi connectivity index (χ1n) is 11.8. The van der Waals surface area contributed by atoms with Crippen molar-refractivity contribution in [2.75, 3.05) is 6.54 Å². The van der Waals surface area contributed by atoms with Gasteiger partial charge in [0, 0.05) is 13.0 Å². The van der Waals surface area contributed by atoms with Crippen LogP contribution < -0.4 is 16.5 Å². The zero-order valence-corrected chi connectivity index (χ0v) is 21.2. The molecule has 5 amide bonds. The van der Waals surface area contributed by atoms with Crippen LogP contribution in [0.1, 0.15) is 59.4 Å². The second-order valence-corrected chi connectivity index (χ2v) is 9.26. The minimum Gasteiger partial charge on any atom is -0.352 e. The predicted octanol–water partition coefficient (Wildman–Crippen LogP) is 2.69. The van der Waals surface area contributed by atoms with E-state index in [4.69, 9.17) is 5.73 Å². The molecule has 10 heteroatoms. The maximum absolute atomic E-state index is 13.4. The fourth-order valence-electron chi connectivity index (χ4n) is 3.42. The predicted molar refractivity (Wildman–Crippen MR) is 133 cm³/mol. The molecule has 0 bridgehead atoms. The standard InChI is InChI=1S/C25H39N5O5/c1-17(2)14-15-22(31)30(29(16-18(3)4)24(33)19(5)27-25(26)34)21(23(32)28-35)13-9-12-20-10-7-6-8-11-20/h6-12,17-19,21,35H,13-16H2,1-5H3,(H,28,32)(H3,26,27,34)/t19-,21+/m1/s1. The molecule has 194 valence electrons. The van der Waals surface area contributed by atoms with Crippen LogP contribution in [0.5, 0.6) is 0 Å². The van der Waals surface area contributed by atoms with Crippen LogP contribution in [0.3, 0.4) is 0 Å². The summed E-state index contributed by atoms with van der Waals surface area (Å²) in [5.74, 6) is -1.73. The highest BCUT2D eigenvalue weighted by atomic mass is 16.5. The molecule has 0 heterocycles. The summed E-state index contributed by atoms with van der Waals surface area (Å²) in [6, 6.07) is 6.26. The Morgan fingerprint density at radius 3 is 2.17 bits per heavy atom. The minimum atomic E-state index is -1.21. The molecule has 0 unspecified atom stereocenters. The number of urea groups is 1. The van der Waals surface area contributed by atoms with Crippen molar-refractivity contribution in [1.82, 2.24) is 20.8 Å². The SMILES string of the molecule is CC(C)CCC(=O)N([C@@H](CC=Cc1ccccc1)C(=O)NO)N(CC(C)C)C(=O)[C@@H](C)NC(N)=O. The Kier molecular flexibility index (Phi) is 12.5. The fraction of sp³-hybridized carbons (Fsp3) is 0.520. The normalized spacial score (nSPS) is 12.9. The van der Waals surface area contributed by atoms with Gasteiger partial charge in [-0.25, -0.2) is 20.3 Å². The Hall–Kier alpha value is -3.40. The van der Waals surface area contributed by atoms with Gasteiger partial charge in [0.25, 0.3) is 11.8 Å². The summed E-state index contributed by atoms with van der Waals surface area (Å²) in [7, 11) is 0. The number of hydrogen-bond donors (Lipinski definition) is 4. The third kappa shape index (κ3) is 10.2. The number of nitrogens with two attached hydrogens (primary N) is 1. The molecule has 2 atom stereocenters. The van der Waals surface area contributed by atoms with E-state index in [2.05, 4.69) is 5.32 Å². The van der Waals surface area contributed by atoms with E-state index in [0.717, 1.165) is 10.6 Å². The van der Waals surface area contributed by atoms with E-state index in [-0.39, 0.29) is 31.2 Å². The summed E-state index contributed by atoms with van der Waals surface area (Å²) < 4.78 is 0. The molecule has 35 heavy (non-hydrogen) atoms. The van der Waals surface area contributed by atoms with E-state index < -0.39 is 35.8 Å². The van der Waals surface area contributed by atoms with Gasteiger partial charge < -0.3 is 11.1 Å². The molecule has 0 aliphatic rings. The number of carbonyl (C=O) groups is 4. The summed E-state index contributed by atoms with van der Waals surface area (Å²) in [4.78, 5) is 50.9. The van der Waals surface area contributed by atoms with Gasteiger partial charge in [-0.05, 0) is 37.2 Å². The lowest BCUT2D eigenvalue weighted by molar-refractivity contribution is -0.176. The van der Waals surface area contributed by atoms with Crippen molar-refractivity contribution in [3.63, 3.8) is 0 Å². The largest absolute Gasteiger partial charge is 0.352 e. The number of hydroxylamine groups is 1. The number of hydrogen-bond acceptors (Lipinski definition) is 5. The summed E-state index contributed by atoms with van der Waals surface area (Å²) in [5, 5.41) is 14.1. The number of hydrazine groups is 1. The average molecular weight is 490 g/mol. The summed E-state index contributed by atoms with van der Waals surface area (Å²) in [6.45, 7) is 9.21. The lowest BCUT2D eigenvalue weighted by Gasteiger charge is -2.41. The second-order valence-electron chi connectivity index (χ2n) is 9.26. The minimum absolute atomic E-state index is 0.0359. The molecule has 0 fully saturated rings. The Labute approximate surface area is 207 Å². The molecule has 0 saturated carbocycles. The number of nitrogens with zero attached hydrogens (tertiary/aromatic N) is 2. The van der Waals surface area contributed by atoms with Gasteiger partial charge >= 0.3 is 6.03 Å². The van der Waals surface area contributed by atoms with Crippen LogP contribution in [0.15, 0.2) is 36.4 Å². The summed E-state index contributed by atoms with van der Waals surface area (Å²) in [5.41, 5.74) is 7.71. The van der Waals surface area contributed by atoms with Gasteiger partial charge in [0.05, 0.1) is 0 Å². The molecule has 1 aromatic rings. The summed E-state index contributed by atoms with van der Waals surface area (Å²) >= 11 is 0. The maximum atomic E-state index is 13.4. The molecule has 10 nitrogen and oxygen atoms in total. The highest BCUT2D eigenvalue weighted by Crippen LogP contribution is 2.19. The van der Waals surface area contributed by atoms with Crippen molar-refractivity contribution >= 4 is 29.8 Å². The van der Waals surface area contributed by atoms with E-state index in [9.17, 15) is 24.4 Å². The van der Waals surface area contributed by atoms with Crippen molar-refractivity contribution in [2.24, 2.45) is 17.6 Å². The van der Waals surface area contributed by atoms with E-state index in [0.29, 0.717) is 6.42 Å². The zero-order valence-electron chi connectivity index (χ0n) is 21.2. The number of primary amides is 1. The van der Waals surface area contributed by atoms with Crippen molar-refractivity contribution in [3.05, 3.63) is 42.0 Å². The van der Waals surface area contributed by atoms with Gasteiger partial charge in [0.2, 0.25) is 5.91 Å². The van der Waals surface area contributed by atoms with Crippen LogP contribution in [0.25, 0.3) is 6.08 Å². The molecule has 0 radical (unpaired) electrons. The quantitative estimate of drug-likeness (QED) is 0.263. The van der Waals surface area contributed by atoms with Crippen molar-refractivity contribution in [2.45, 2.75) is 66.0 Å². The van der Waals surface area contributed by atoms with Crippen LogP contribution in [-0.2, 0) is 14.4 Å². The lowest BCUT2D eigenvalue weighted by Crippen LogP contribution is -2.62. The Bertz CT molecular complexity index is 872. The smallest absolute Gasteiger partial charge is 0.312 e.